The molecule has 3 aromatic carbocycles. The Hall–Kier alpha value is -3.09. The van der Waals surface area contributed by atoms with Crippen LogP contribution in [0.1, 0.15) is 17.7 Å². The van der Waals surface area contributed by atoms with Crippen molar-refractivity contribution in [2.75, 3.05) is 5.75 Å². The van der Waals surface area contributed by atoms with E-state index in [0.29, 0.717) is 21.6 Å². The number of aryl methyl sites for hydroxylation is 1. The first kappa shape index (κ1) is 21.2. The van der Waals surface area contributed by atoms with Crippen LogP contribution in [0.5, 0.6) is 0 Å². The summed E-state index contributed by atoms with van der Waals surface area (Å²) in [5, 5.41) is 12.4. The molecule has 5 nitrogen and oxygen atoms in total. The van der Waals surface area contributed by atoms with Crippen LogP contribution in [0.3, 0.4) is 0 Å². The minimum atomic E-state index is -3.75. The predicted octanol–water partition coefficient (Wildman–Crippen LogP) is 5.36. The molecule has 0 aliphatic carbocycles. The molecule has 7 heteroatoms. The third-order valence-corrected chi connectivity index (χ3v) is 6.89. The van der Waals surface area contributed by atoms with Gasteiger partial charge >= 0.3 is 5.97 Å². The maximum absolute atomic E-state index is 13.2. The summed E-state index contributed by atoms with van der Waals surface area (Å²) in [5.41, 5.74) is 1.83. The Morgan fingerprint density at radius 1 is 0.968 bits per heavy atom. The number of aliphatic carboxylic acids is 1. The van der Waals surface area contributed by atoms with Crippen LogP contribution >= 0.6 is 11.6 Å². The third-order valence-electron chi connectivity index (χ3n) is 5.06. The van der Waals surface area contributed by atoms with Gasteiger partial charge in [-0.2, -0.15) is 0 Å². The normalized spacial score (nSPS) is 12.2. The van der Waals surface area contributed by atoms with Gasteiger partial charge in [-0.15, -0.1) is 0 Å². The molecule has 1 heterocycles. The molecule has 0 unspecified atom stereocenters. The number of carboxylic acids is 1. The molecule has 0 fully saturated rings. The molecule has 0 atom stereocenters. The molecule has 0 aliphatic rings. The first-order chi connectivity index (χ1) is 14.8. The Labute approximate surface area is 185 Å². The molecule has 4 rings (SSSR count). The van der Waals surface area contributed by atoms with Crippen molar-refractivity contribution in [3.8, 4) is 0 Å². The Bertz CT molecular complexity index is 1420. The standard InChI is InChI=1S/C24H20ClNO4S/c25-21-9-11-23-20(15-21)16-22(10-12-24(27)28)26(23)31(29,30)13-3-4-17-7-8-18-5-1-2-6-19(18)14-17/h1-9,11,14-16H,10,12-13H2,(H,27,28). The monoisotopic (exact) mass is 453 g/mol. The summed E-state index contributed by atoms with van der Waals surface area (Å²) in [6.07, 6.45) is 3.34. The SMILES string of the molecule is O=C(O)CCc1cc2cc(Cl)ccc2n1S(=O)(=O)CC=Cc1ccc2ccccc2c1. The lowest BCUT2D eigenvalue weighted by Crippen LogP contribution is -2.18. The second kappa shape index (κ2) is 8.57. The van der Waals surface area contributed by atoms with Crippen LogP contribution in [0.25, 0.3) is 27.8 Å². The van der Waals surface area contributed by atoms with Gasteiger partial charge in [0.15, 0.2) is 0 Å². The van der Waals surface area contributed by atoms with Crippen molar-refractivity contribution in [1.82, 2.24) is 3.97 Å². The number of rotatable bonds is 7. The molecular weight excluding hydrogens is 434 g/mol. The lowest BCUT2D eigenvalue weighted by molar-refractivity contribution is -0.136. The Kier molecular flexibility index (Phi) is 5.85. The van der Waals surface area contributed by atoms with Crippen LogP contribution in [0.4, 0.5) is 0 Å². The molecule has 0 radical (unpaired) electrons. The molecule has 158 valence electrons. The van der Waals surface area contributed by atoms with E-state index in [2.05, 4.69) is 0 Å². The number of carbonyl (C=O) groups is 1. The van der Waals surface area contributed by atoms with Crippen LogP contribution in [0.2, 0.25) is 5.02 Å². The van der Waals surface area contributed by atoms with Crippen molar-refractivity contribution >= 4 is 55.3 Å². The van der Waals surface area contributed by atoms with E-state index in [0.717, 1.165) is 16.3 Å². The minimum absolute atomic E-state index is 0.106. The highest BCUT2D eigenvalue weighted by Crippen LogP contribution is 2.26. The summed E-state index contributed by atoms with van der Waals surface area (Å²) in [4.78, 5) is 11.0. The molecule has 0 saturated heterocycles. The number of hydrogen-bond donors (Lipinski definition) is 1. The van der Waals surface area contributed by atoms with Crippen LogP contribution in [-0.4, -0.2) is 29.2 Å². The molecule has 0 amide bonds. The van der Waals surface area contributed by atoms with Crippen molar-refractivity contribution < 1.29 is 18.3 Å². The van der Waals surface area contributed by atoms with Crippen molar-refractivity contribution in [3.63, 3.8) is 0 Å². The Balaban J connectivity index is 1.65. The van der Waals surface area contributed by atoms with Gasteiger partial charge in [0.1, 0.15) is 0 Å². The van der Waals surface area contributed by atoms with Gasteiger partial charge < -0.3 is 5.11 Å². The van der Waals surface area contributed by atoms with Crippen molar-refractivity contribution in [2.45, 2.75) is 12.8 Å². The number of carboxylic acid groups (broad SMARTS) is 1. The molecule has 0 aliphatic heterocycles. The van der Waals surface area contributed by atoms with E-state index < -0.39 is 16.0 Å². The molecule has 0 spiro atoms. The molecular formula is C24H20ClNO4S. The number of benzene rings is 3. The van der Waals surface area contributed by atoms with E-state index in [1.54, 1.807) is 36.4 Å². The van der Waals surface area contributed by atoms with Gasteiger partial charge in [0.25, 0.3) is 0 Å². The highest BCUT2D eigenvalue weighted by atomic mass is 35.5. The van der Waals surface area contributed by atoms with E-state index >= 15 is 0 Å². The average Bonchev–Trinajstić information content (AvgIpc) is 3.10. The number of nitrogens with zero attached hydrogens (tertiary/aromatic N) is 1. The van der Waals surface area contributed by atoms with E-state index in [4.69, 9.17) is 16.7 Å². The number of hydrogen-bond acceptors (Lipinski definition) is 3. The van der Waals surface area contributed by atoms with Gasteiger partial charge in [-0.1, -0.05) is 60.2 Å². The molecule has 0 bridgehead atoms. The second-order valence-electron chi connectivity index (χ2n) is 7.28. The van der Waals surface area contributed by atoms with Crippen LogP contribution in [0.15, 0.2) is 72.8 Å². The molecule has 31 heavy (non-hydrogen) atoms. The van der Waals surface area contributed by atoms with Crippen molar-refractivity contribution in [1.29, 1.82) is 0 Å². The zero-order valence-corrected chi connectivity index (χ0v) is 18.1. The van der Waals surface area contributed by atoms with Crippen molar-refractivity contribution in [3.05, 3.63) is 89.1 Å². The fraction of sp³-hybridized carbons (Fsp3) is 0.125. The largest absolute Gasteiger partial charge is 0.481 e. The van der Waals surface area contributed by atoms with Crippen LogP contribution in [-0.2, 0) is 21.2 Å². The zero-order valence-electron chi connectivity index (χ0n) is 16.5. The van der Waals surface area contributed by atoms with Crippen LogP contribution in [0, 0.1) is 0 Å². The summed E-state index contributed by atoms with van der Waals surface area (Å²) < 4.78 is 27.6. The fourth-order valence-corrected chi connectivity index (χ4v) is 5.28. The molecule has 0 saturated carbocycles. The van der Waals surface area contributed by atoms with Gasteiger partial charge in [-0.05, 0) is 53.1 Å². The maximum Gasteiger partial charge on any atom is 0.303 e. The zero-order chi connectivity index (χ0) is 22.0. The quantitative estimate of drug-likeness (QED) is 0.409. The number of aromatic nitrogens is 1. The minimum Gasteiger partial charge on any atom is -0.481 e. The first-order valence-corrected chi connectivity index (χ1v) is 11.7. The highest BCUT2D eigenvalue weighted by Gasteiger charge is 2.20. The van der Waals surface area contributed by atoms with Gasteiger partial charge in [0, 0.05) is 16.1 Å². The van der Waals surface area contributed by atoms with Gasteiger partial charge in [0.2, 0.25) is 10.0 Å². The van der Waals surface area contributed by atoms with Gasteiger partial charge in [-0.3, -0.25) is 4.79 Å². The maximum atomic E-state index is 13.2. The smallest absolute Gasteiger partial charge is 0.303 e. The van der Waals surface area contributed by atoms with E-state index in [9.17, 15) is 13.2 Å². The summed E-state index contributed by atoms with van der Waals surface area (Å²) in [6.45, 7) is 0. The fourth-order valence-electron chi connectivity index (χ4n) is 3.65. The number of fused-ring (bicyclic) bond motifs is 2. The third kappa shape index (κ3) is 4.65. The Morgan fingerprint density at radius 3 is 2.52 bits per heavy atom. The van der Waals surface area contributed by atoms with Gasteiger partial charge in [0.05, 0.1) is 17.7 Å². The summed E-state index contributed by atoms with van der Waals surface area (Å²) in [6, 6.07) is 20.5. The molecule has 1 aromatic heterocycles. The lowest BCUT2D eigenvalue weighted by atomic mass is 10.1. The van der Waals surface area contributed by atoms with Crippen LogP contribution < -0.4 is 0 Å². The van der Waals surface area contributed by atoms with E-state index in [1.807, 2.05) is 42.5 Å². The summed E-state index contributed by atoms with van der Waals surface area (Å²) in [5.74, 6) is -1.20. The highest BCUT2D eigenvalue weighted by molar-refractivity contribution is 7.90. The van der Waals surface area contributed by atoms with E-state index in [-0.39, 0.29) is 18.6 Å². The Morgan fingerprint density at radius 2 is 1.74 bits per heavy atom. The van der Waals surface area contributed by atoms with Gasteiger partial charge in [-0.25, -0.2) is 12.4 Å². The average molecular weight is 454 g/mol. The summed E-state index contributed by atoms with van der Waals surface area (Å²) >= 11 is 6.05. The number of halogens is 1. The van der Waals surface area contributed by atoms with Crippen molar-refractivity contribution in [2.24, 2.45) is 0 Å². The van der Waals surface area contributed by atoms with E-state index in [1.165, 1.54) is 3.97 Å². The topological polar surface area (TPSA) is 76.4 Å². The second-order valence-corrected chi connectivity index (χ2v) is 9.58. The predicted molar refractivity (Wildman–Crippen MR) is 125 cm³/mol. The molecule has 4 aromatic rings. The first-order valence-electron chi connectivity index (χ1n) is 9.74. The summed E-state index contributed by atoms with van der Waals surface area (Å²) in [7, 11) is -3.75. The lowest BCUT2D eigenvalue weighted by Gasteiger charge is -2.10. The molecule has 1 N–H and O–H groups in total.